The third-order valence-electron chi connectivity index (χ3n) is 4.22. The van der Waals surface area contributed by atoms with E-state index in [1.807, 2.05) is 6.07 Å². The first-order valence-corrected chi connectivity index (χ1v) is 8.29. The molecule has 0 amide bonds. The number of nitrogens with one attached hydrogen (secondary N) is 1. The summed E-state index contributed by atoms with van der Waals surface area (Å²) in [5.74, 6) is 2.40. The second-order valence-corrected chi connectivity index (χ2v) is 6.53. The first kappa shape index (κ1) is 17.1. The lowest BCUT2D eigenvalue weighted by Gasteiger charge is -2.36. The molecule has 1 aliphatic heterocycles. The van der Waals surface area contributed by atoms with E-state index in [0.29, 0.717) is 12.0 Å². The fourth-order valence-corrected chi connectivity index (χ4v) is 3.18. The van der Waals surface area contributed by atoms with Gasteiger partial charge in [-0.1, -0.05) is 13.8 Å². The Morgan fingerprint density at radius 2 is 1.68 bits per heavy atom. The molecular formula is C18H30N2O2. The van der Waals surface area contributed by atoms with Crippen LogP contribution in [0.1, 0.15) is 32.3 Å². The second-order valence-electron chi connectivity index (χ2n) is 6.53. The minimum Gasteiger partial charge on any atom is -0.497 e. The van der Waals surface area contributed by atoms with Crippen molar-refractivity contribution in [1.29, 1.82) is 0 Å². The van der Waals surface area contributed by atoms with Crippen LogP contribution in [0, 0.1) is 5.92 Å². The first-order valence-electron chi connectivity index (χ1n) is 8.29. The molecule has 1 fully saturated rings. The van der Waals surface area contributed by atoms with Crippen LogP contribution in [0.3, 0.4) is 0 Å². The van der Waals surface area contributed by atoms with Gasteiger partial charge >= 0.3 is 0 Å². The van der Waals surface area contributed by atoms with Gasteiger partial charge in [0.05, 0.1) is 14.2 Å². The number of hydrogen-bond donors (Lipinski definition) is 1. The maximum Gasteiger partial charge on any atom is 0.122 e. The highest BCUT2D eigenvalue weighted by Gasteiger charge is 2.22. The highest BCUT2D eigenvalue weighted by atomic mass is 16.5. The predicted molar refractivity (Wildman–Crippen MR) is 90.7 cm³/mol. The Balaban J connectivity index is 2.14. The summed E-state index contributed by atoms with van der Waals surface area (Å²) in [6, 6.07) is 6.84. The number of ether oxygens (including phenoxy) is 2. The third kappa shape index (κ3) is 4.89. The van der Waals surface area contributed by atoms with E-state index in [1.165, 1.54) is 18.4 Å². The van der Waals surface area contributed by atoms with Crippen molar-refractivity contribution in [3.8, 4) is 11.5 Å². The van der Waals surface area contributed by atoms with Gasteiger partial charge in [-0.15, -0.1) is 0 Å². The van der Waals surface area contributed by atoms with E-state index in [4.69, 9.17) is 9.47 Å². The zero-order chi connectivity index (χ0) is 15.9. The number of hydrogen-bond acceptors (Lipinski definition) is 4. The normalized spacial score (nSPS) is 16.3. The highest BCUT2D eigenvalue weighted by molar-refractivity contribution is 5.38. The minimum atomic E-state index is 0.667. The lowest BCUT2D eigenvalue weighted by molar-refractivity contribution is 0.137. The third-order valence-corrected chi connectivity index (χ3v) is 4.22. The molecule has 0 saturated carbocycles. The van der Waals surface area contributed by atoms with E-state index in [2.05, 4.69) is 36.2 Å². The Bertz CT molecular complexity index is 434. The van der Waals surface area contributed by atoms with Crippen LogP contribution in [0.15, 0.2) is 18.2 Å². The smallest absolute Gasteiger partial charge is 0.122 e. The number of piperidine rings is 1. The topological polar surface area (TPSA) is 33.7 Å². The van der Waals surface area contributed by atoms with Gasteiger partial charge in [0.15, 0.2) is 0 Å². The van der Waals surface area contributed by atoms with E-state index < -0.39 is 0 Å². The van der Waals surface area contributed by atoms with Gasteiger partial charge < -0.3 is 14.8 Å². The van der Waals surface area contributed by atoms with Crippen molar-refractivity contribution >= 4 is 0 Å². The molecule has 124 valence electrons. The maximum atomic E-state index is 5.40. The van der Waals surface area contributed by atoms with Crippen LogP contribution in [-0.2, 0) is 6.54 Å². The van der Waals surface area contributed by atoms with Crippen LogP contribution in [0.2, 0.25) is 0 Å². The lowest BCUT2D eigenvalue weighted by atomic mass is 10.0. The number of rotatable bonds is 7. The molecular weight excluding hydrogens is 276 g/mol. The van der Waals surface area contributed by atoms with Crippen molar-refractivity contribution < 1.29 is 9.47 Å². The molecule has 0 spiro atoms. The Hall–Kier alpha value is -1.26. The Morgan fingerprint density at radius 1 is 1.09 bits per heavy atom. The van der Waals surface area contributed by atoms with Crippen molar-refractivity contribution in [3.05, 3.63) is 23.8 Å². The molecule has 0 aliphatic carbocycles. The van der Waals surface area contributed by atoms with Crippen molar-refractivity contribution in [2.45, 2.75) is 39.3 Å². The summed E-state index contributed by atoms with van der Waals surface area (Å²) < 4.78 is 10.8. The van der Waals surface area contributed by atoms with Gasteiger partial charge in [-0.2, -0.15) is 0 Å². The molecule has 1 saturated heterocycles. The lowest BCUT2D eigenvalue weighted by Crippen LogP contribution is -2.44. The summed E-state index contributed by atoms with van der Waals surface area (Å²) in [5.41, 5.74) is 1.26. The van der Waals surface area contributed by atoms with Gasteiger partial charge in [0.2, 0.25) is 0 Å². The van der Waals surface area contributed by atoms with Gasteiger partial charge in [-0.25, -0.2) is 0 Å². The molecule has 1 aromatic rings. The maximum absolute atomic E-state index is 5.40. The fourth-order valence-electron chi connectivity index (χ4n) is 3.18. The molecule has 4 nitrogen and oxygen atoms in total. The van der Waals surface area contributed by atoms with E-state index >= 15 is 0 Å². The number of methoxy groups -OCH3 is 2. The Labute approximate surface area is 134 Å². The SMILES string of the molecule is COc1cc(CN(CC(C)C)C2CCNCC2)cc(OC)c1. The summed E-state index contributed by atoms with van der Waals surface area (Å²) in [4.78, 5) is 2.62. The van der Waals surface area contributed by atoms with Gasteiger partial charge in [0, 0.05) is 25.2 Å². The van der Waals surface area contributed by atoms with Crippen molar-refractivity contribution in [2.24, 2.45) is 5.92 Å². The molecule has 0 unspecified atom stereocenters. The van der Waals surface area contributed by atoms with Crippen LogP contribution in [-0.4, -0.2) is 44.8 Å². The standard InChI is InChI=1S/C18H30N2O2/c1-14(2)12-20(16-5-7-19-8-6-16)13-15-9-17(21-3)11-18(10-15)22-4/h9-11,14,16,19H,5-8,12-13H2,1-4H3. The zero-order valence-corrected chi connectivity index (χ0v) is 14.4. The van der Waals surface area contributed by atoms with Crippen molar-refractivity contribution in [3.63, 3.8) is 0 Å². The molecule has 0 bridgehead atoms. The van der Waals surface area contributed by atoms with Gasteiger partial charge in [0.25, 0.3) is 0 Å². The highest BCUT2D eigenvalue weighted by Crippen LogP contribution is 2.25. The molecule has 1 aromatic carbocycles. The zero-order valence-electron chi connectivity index (χ0n) is 14.4. The number of benzene rings is 1. The van der Waals surface area contributed by atoms with E-state index in [-0.39, 0.29) is 0 Å². The van der Waals surface area contributed by atoms with Crippen molar-refractivity contribution in [2.75, 3.05) is 33.9 Å². The summed E-state index contributed by atoms with van der Waals surface area (Å²) >= 11 is 0. The van der Waals surface area contributed by atoms with Crippen LogP contribution in [0.5, 0.6) is 11.5 Å². The van der Waals surface area contributed by atoms with Gasteiger partial charge in [0.1, 0.15) is 11.5 Å². The average Bonchev–Trinajstić information content (AvgIpc) is 2.54. The molecule has 22 heavy (non-hydrogen) atoms. The Morgan fingerprint density at radius 3 is 2.18 bits per heavy atom. The second kappa shape index (κ2) is 8.39. The first-order chi connectivity index (χ1) is 10.6. The molecule has 0 radical (unpaired) electrons. The van der Waals surface area contributed by atoms with Crippen LogP contribution >= 0.6 is 0 Å². The van der Waals surface area contributed by atoms with Crippen LogP contribution in [0.25, 0.3) is 0 Å². The monoisotopic (exact) mass is 306 g/mol. The largest absolute Gasteiger partial charge is 0.497 e. The molecule has 1 aliphatic rings. The summed E-state index contributed by atoms with van der Waals surface area (Å²) in [5, 5.41) is 3.46. The summed E-state index contributed by atoms with van der Waals surface area (Å²) in [7, 11) is 3.41. The molecule has 2 rings (SSSR count). The molecule has 0 atom stereocenters. The molecule has 1 N–H and O–H groups in total. The Kier molecular flexibility index (Phi) is 6.52. The van der Waals surface area contributed by atoms with Crippen molar-refractivity contribution in [1.82, 2.24) is 10.2 Å². The molecule has 4 heteroatoms. The quantitative estimate of drug-likeness (QED) is 0.840. The van der Waals surface area contributed by atoms with Gasteiger partial charge in [-0.05, 0) is 49.5 Å². The van der Waals surface area contributed by atoms with Gasteiger partial charge in [-0.3, -0.25) is 4.90 Å². The van der Waals surface area contributed by atoms with Crippen LogP contribution < -0.4 is 14.8 Å². The molecule has 1 heterocycles. The van der Waals surface area contributed by atoms with Crippen LogP contribution in [0.4, 0.5) is 0 Å². The molecule has 0 aromatic heterocycles. The predicted octanol–water partition coefficient (Wildman–Crippen LogP) is 2.91. The number of nitrogens with zero attached hydrogens (tertiary/aromatic N) is 1. The average molecular weight is 306 g/mol. The van der Waals surface area contributed by atoms with E-state index in [9.17, 15) is 0 Å². The van der Waals surface area contributed by atoms with E-state index in [1.54, 1.807) is 14.2 Å². The minimum absolute atomic E-state index is 0.667. The fraction of sp³-hybridized carbons (Fsp3) is 0.667. The van der Waals surface area contributed by atoms with E-state index in [0.717, 1.165) is 37.7 Å². The summed E-state index contributed by atoms with van der Waals surface area (Å²) in [6.07, 6.45) is 2.46. The summed E-state index contributed by atoms with van der Waals surface area (Å²) in [6.45, 7) is 8.92.